The number of benzene rings is 1. The van der Waals surface area contributed by atoms with Crippen LogP contribution < -0.4 is 0 Å². The predicted octanol–water partition coefficient (Wildman–Crippen LogP) is 3.55. The third kappa shape index (κ3) is 2.43. The molecule has 2 heterocycles. The minimum Gasteiger partial charge on any atom is -0.199 e. The highest BCUT2D eigenvalue weighted by molar-refractivity contribution is 7.99. The Bertz CT molecular complexity index is 753. The molecule has 0 N–H and O–H groups in total. The van der Waals surface area contributed by atoms with Gasteiger partial charge in [-0.15, -0.1) is 0 Å². The summed E-state index contributed by atoms with van der Waals surface area (Å²) in [6.07, 6.45) is 1.48. The summed E-state index contributed by atoms with van der Waals surface area (Å²) in [5.74, 6) is 0.514. The fraction of sp³-hybridized carbons (Fsp3) is 0.154. The first-order valence-corrected chi connectivity index (χ1v) is 6.94. The van der Waals surface area contributed by atoms with Crippen LogP contribution in [0.1, 0.15) is 11.1 Å². The zero-order chi connectivity index (χ0) is 13.4. The molecule has 3 rings (SSSR count). The lowest BCUT2D eigenvalue weighted by Crippen LogP contribution is -1.96. The zero-order valence-corrected chi connectivity index (χ0v) is 12.0. The molecular weight excluding hydrogens is 280 g/mol. The van der Waals surface area contributed by atoms with E-state index in [-0.39, 0.29) is 0 Å². The third-order valence-corrected chi connectivity index (χ3v) is 4.10. The molecule has 0 amide bonds. The number of fused-ring (bicyclic) bond motifs is 1. The van der Waals surface area contributed by atoms with Gasteiger partial charge in [0.25, 0.3) is 5.78 Å². The summed E-state index contributed by atoms with van der Waals surface area (Å²) in [6, 6.07) is 8.15. The molecule has 0 fully saturated rings. The van der Waals surface area contributed by atoms with E-state index in [1.165, 1.54) is 22.3 Å². The van der Waals surface area contributed by atoms with Crippen molar-refractivity contribution in [3.8, 4) is 0 Å². The minimum absolute atomic E-state index is 0.424. The molecule has 96 valence electrons. The minimum atomic E-state index is 0.424. The van der Waals surface area contributed by atoms with Crippen LogP contribution in [-0.2, 0) is 0 Å². The Hall–Kier alpha value is -1.59. The van der Waals surface area contributed by atoms with E-state index in [1.807, 2.05) is 0 Å². The van der Waals surface area contributed by atoms with Crippen LogP contribution in [0.4, 0.5) is 0 Å². The standard InChI is InChI=1S/C13H11ClN4S/c1-8-3-4-10(9(2)5-8)19-12-6-11(14)17-13-15-7-16-18(12)13/h3-7H,1-2H3. The van der Waals surface area contributed by atoms with Gasteiger partial charge in [-0.2, -0.15) is 19.6 Å². The Morgan fingerprint density at radius 3 is 2.84 bits per heavy atom. The lowest BCUT2D eigenvalue weighted by molar-refractivity contribution is 0.842. The van der Waals surface area contributed by atoms with Crippen LogP contribution >= 0.6 is 23.4 Å². The Morgan fingerprint density at radius 1 is 1.21 bits per heavy atom. The van der Waals surface area contributed by atoms with Gasteiger partial charge in [0.2, 0.25) is 0 Å². The number of nitrogens with zero attached hydrogens (tertiary/aromatic N) is 4. The second-order valence-corrected chi connectivity index (χ2v) is 5.71. The Kier molecular flexibility index (Phi) is 3.16. The van der Waals surface area contributed by atoms with Crippen LogP contribution in [0, 0.1) is 13.8 Å². The first kappa shape index (κ1) is 12.4. The first-order chi connectivity index (χ1) is 9.13. The van der Waals surface area contributed by atoms with Gasteiger partial charge >= 0.3 is 0 Å². The average molecular weight is 291 g/mol. The van der Waals surface area contributed by atoms with Crippen LogP contribution in [0.3, 0.4) is 0 Å². The summed E-state index contributed by atoms with van der Waals surface area (Å²) in [6.45, 7) is 4.18. The summed E-state index contributed by atoms with van der Waals surface area (Å²) in [5.41, 5.74) is 2.48. The van der Waals surface area contributed by atoms with Gasteiger partial charge in [-0.1, -0.05) is 41.1 Å². The second-order valence-electron chi connectivity index (χ2n) is 4.26. The van der Waals surface area contributed by atoms with Crippen LogP contribution in [0.25, 0.3) is 5.78 Å². The molecule has 0 radical (unpaired) electrons. The van der Waals surface area contributed by atoms with Gasteiger partial charge < -0.3 is 0 Å². The van der Waals surface area contributed by atoms with Gasteiger partial charge in [0.05, 0.1) is 0 Å². The molecule has 4 nitrogen and oxygen atoms in total. The van der Waals surface area contributed by atoms with E-state index in [4.69, 9.17) is 11.6 Å². The molecule has 2 aromatic heterocycles. The fourth-order valence-corrected chi connectivity index (χ4v) is 3.07. The van der Waals surface area contributed by atoms with Crippen molar-refractivity contribution in [1.29, 1.82) is 0 Å². The van der Waals surface area contributed by atoms with E-state index in [9.17, 15) is 0 Å². The molecule has 0 spiro atoms. The van der Waals surface area contributed by atoms with Crippen LogP contribution in [0.2, 0.25) is 5.15 Å². The van der Waals surface area contributed by atoms with Crippen molar-refractivity contribution in [2.24, 2.45) is 0 Å². The van der Waals surface area contributed by atoms with Crippen LogP contribution in [0.15, 0.2) is 40.5 Å². The summed E-state index contributed by atoms with van der Waals surface area (Å²) in [4.78, 5) is 9.35. The number of hydrogen-bond acceptors (Lipinski definition) is 4. The van der Waals surface area contributed by atoms with E-state index < -0.39 is 0 Å². The summed E-state index contributed by atoms with van der Waals surface area (Å²) < 4.78 is 1.69. The van der Waals surface area contributed by atoms with Crippen molar-refractivity contribution in [1.82, 2.24) is 19.6 Å². The number of hydrogen-bond donors (Lipinski definition) is 0. The van der Waals surface area contributed by atoms with E-state index in [0.717, 1.165) is 5.03 Å². The van der Waals surface area contributed by atoms with Crippen molar-refractivity contribution in [3.05, 3.63) is 46.9 Å². The molecule has 0 saturated carbocycles. The van der Waals surface area contributed by atoms with Crippen molar-refractivity contribution in [2.45, 2.75) is 23.8 Å². The molecule has 6 heteroatoms. The third-order valence-electron chi connectivity index (χ3n) is 2.73. The van der Waals surface area contributed by atoms with Crippen molar-refractivity contribution >= 4 is 29.1 Å². The van der Waals surface area contributed by atoms with E-state index >= 15 is 0 Å². The fourth-order valence-electron chi connectivity index (χ4n) is 1.86. The Morgan fingerprint density at radius 2 is 2.05 bits per heavy atom. The van der Waals surface area contributed by atoms with Gasteiger partial charge in [-0.25, -0.2) is 0 Å². The van der Waals surface area contributed by atoms with Gasteiger partial charge in [-0.3, -0.25) is 0 Å². The summed E-state index contributed by atoms with van der Waals surface area (Å²) in [5, 5.41) is 5.49. The van der Waals surface area contributed by atoms with Gasteiger partial charge in [0, 0.05) is 11.0 Å². The number of aromatic nitrogens is 4. The van der Waals surface area contributed by atoms with Crippen LogP contribution in [0.5, 0.6) is 0 Å². The second kappa shape index (κ2) is 4.83. The smallest absolute Gasteiger partial charge is 0.199 e. The molecule has 0 bridgehead atoms. The highest BCUT2D eigenvalue weighted by atomic mass is 35.5. The van der Waals surface area contributed by atoms with Gasteiger partial charge in [0.1, 0.15) is 16.5 Å². The van der Waals surface area contributed by atoms with Crippen LogP contribution in [-0.4, -0.2) is 19.6 Å². The maximum atomic E-state index is 6.01. The lowest BCUT2D eigenvalue weighted by atomic mass is 10.2. The van der Waals surface area contributed by atoms with E-state index in [0.29, 0.717) is 10.9 Å². The SMILES string of the molecule is Cc1ccc(Sc2cc(Cl)nc3ncnn23)c(C)c1. The van der Waals surface area contributed by atoms with E-state index in [1.54, 1.807) is 22.3 Å². The molecule has 0 aliphatic rings. The zero-order valence-electron chi connectivity index (χ0n) is 10.5. The maximum Gasteiger partial charge on any atom is 0.254 e. The molecule has 0 saturated heterocycles. The predicted molar refractivity (Wildman–Crippen MR) is 75.8 cm³/mol. The molecule has 0 aliphatic carbocycles. The summed E-state index contributed by atoms with van der Waals surface area (Å²) >= 11 is 7.61. The number of rotatable bonds is 2. The summed E-state index contributed by atoms with van der Waals surface area (Å²) in [7, 11) is 0. The average Bonchev–Trinajstić information content (AvgIpc) is 2.80. The van der Waals surface area contributed by atoms with Gasteiger partial charge in [0.15, 0.2) is 0 Å². The van der Waals surface area contributed by atoms with Crippen molar-refractivity contribution < 1.29 is 0 Å². The normalized spacial score (nSPS) is 11.1. The highest BCUT2D eigenvalue weighted by Gasteiger charge is 2.09. The number of aryl methyl sites for hydroxylation is 2. The highest BCUT2D eigenvalue weighted by Crippen LogP contribution is 2.31. The molecule has 0 atom stereocenters. The largest absolute Gasteiger partial charge is 0.254 e. The molecule has 3 aromatic rings. The Labute approximate surface area is 119 Å². The molecule has 1 aromatic carbocycles. The molecule has 19 heavy (non-hydrogen) atoms. The quantitative estimate of drug-likeness (QED) is 0.677. The molecular formula is C13H11ClN4S. The van der Waals surface area contributed by atoms with Gasteiger partial charge in [-0.05, 0) is 25.5 Å². The number of halogens is 1. The first-order valence-electron chi connectivity index (χ1n) is 5.75. The molecule has 0 unspecified atom stereocenters. The Balaban J connectivity index is 2.07. The topological polar surface area (TPSA) is 43.1 Å². The van der Waals surface area contributed by atoms with E-state index in [2.05, 4.69) is 47.1 Å². The maximum absolute atomic E-state index is 6.01. The van der Waals surface area contributed by atoms with Crippen molar-refractivity contribution in [3.63, 3.8) is 0 Å². The lowest BCUT2D eigenvalue weighted by Gasteiger charge is -2.07. The van der Waals surface area contributed by atoms with Crippen molar-refractivity contribution in [2.75, 3.05) is 0 Å². The monoisotopic (exact) mass is 290 g/mol. The molecule has 0 aliphatic heterocycles.